The van der Waals surface area contributed by atoms with E-state index in [1.165, 1.54) is 12.1 Å². The number of halogens is 1. The molecule has 1 aromatic carbocycles. The highest BCUT2D eigenvalue weighted by atomic mass is 32.1. The van der Waals surface area contributed by atoms with Crippen LogP contribution < -0.4 is 4.74 Å². The van der Waals surface area contributed by atoms with Gasteiger partial charge in [0.15, 0.2) is 11.6 Å². The highest BCUT2D eigenvalue weighted by Crippen LogP contribution is 2.22. The Morgan fingerprint density at radius 1 is 1.35 bits per heavy atom. The molecule has 0 radical (unpaired) electrons. The average molecular weight is 259 g/mol. The molecule has 0 fully saturated rings. The van der Waals surface area contributed by atoms with Crippen LogP contribution in [0.2, 0.25) is 0 Å². The molecule has 0 N–H and O–H groups in total. The second-order valence-electron chi connectivity index (χ2n) is 3.50. The second-order valence-corrected chi connectivity index (χ2v) is 3.95. The third-order valence-corrected chi connectivity index (χ3v) is 2.50. The molecule has 0 unspecified atom stereocenters. The molecular weight excluding hydrogens is 245 g/mol. The number of nitro benzene ring substituents is 1. The molecule has 0 saturated heterocycles. The molecule has 0 spiro atoms. The highest BCUT2D eigenvalue weighted by molar-refractivity contribution is 7.80. The smallest absolute Gasteiger partial charge is 0.272 e. The number of hydrogen-bond acceptors (Lipinski definition) is 4. The van der Waals surface area contributed by atoms with E-state index in [2.05, 4.69) is 12.6 Å². The van der Waals surface area contributed by atoms with Crippen LogP contribution in [0.5, 0.6) is 5.75 Å². The molecule has 0 heterocycles. The van der Waals surface area contributed by atoms with Crippen LogP contribution in [-0.2, 0) is 0 Å². The minimum Gasteiger partial charge on any atom is -0.491 e. The van der Waals surface area contributed by atoms with Crippen molar-refractivity contribution in [3.63, 3.8) is 0 Å². The van der Waals surface area contributed by atoms with Crippen molar-refractivity contribution < 1.29 is 14.1 Å². The summed E-state index contributed by atoms with van der Waals surface area (Å²) in [5, 5.41) is 10.4. The molecule has 0 amide bonds. The quantitative estimate of drug-likeness (QED) is 0.354. The second kappa shape index (κ2) is 7.11. The van der Waals surface area contributed by atoms with Crippen LogP contribution in [0.3, 0.4) is 0 Å². The van der Waals surface area contributed by atoms with Gasteiger partial charge in [-0.15, -0.1) is 0 Å². The highest BCUT2D eigenvalue weighted by Gasteiger charge is 2.11. The Morgan fingerprint density at radius 3 is 2.71 bits per heavy atom. The summed E-state index contributed by atoms with van der Waals surface area (Å²) in [6, 6.07) is 3.38. The molecule has 4 nitrogen and oxygen atoms in total. The lowest BCUT2D eigenvalue weighted by molar-refractivity contribution is -0.385. The minimum atomic E-state index is -0.701. The van der Waals surface area contributed by atoms with Crippen LogP contribution in [0.4, 0.5) is 10.1 Å². The van der Waals surface area contributed by atoms with Gasteiger partial charge in [0.05, 0.1) is 17.6 Å². The number of rotatable bonds is 7. The fourth-order valence-corrected chi connectivity index (χ4v) is 1.52. The first-order chi connectivity index (χ1) is 8.15. The van der Waals surface area contributed by atoms with Crippen LogP contribution in [-0.4, -0.2) is 17.3 Å². The van der Waals surface area contributed by atoms with Crippen LogP contribution in [0.1, 0.15) is 19.3 Å². The average Bonchev–Trinajstić information content (AvgIpc) is 2.30. The SMILES string of the molecule is O=[N+]([O-])c1ccc(OCCCCCS)c(F)c1. The van der Waals surface area contributed by atoms with E-state index < -0.39 is 10.7 Å². The Kier molecular flexibility index (Phi) is 5.76. The lowest BCUT2D eigenvalue weighted by Gasteiger charge is -2.06. The van der Waals surface area contributed by atoms with Gasteiger partial charge in [-0.3, -0.25) is 10.1 Å². The number of benzene rings is 1. The van der Waals surface area contributed by atoms with Crippen molar-refractivity contribution in [1.29, 1.82) is 0 Å². The first-order valence-electron chi connectivity index (χ1n) is 5.32. The van der Waals surface area contributed by atoms with Crippen LogP contribution >= 0.6 is 12.6 Å². The molecule has 1 aromatic rings. The summed E-state index contributed by atoms with van der Waals surface area (Å²) in [7, 11) is 0. The van der Waals surface area contributed by atoms with Gasteiger partial charge in [0.2, 0.25) is 0 Å². The van der Waals surface area contributed by atoms with E-state index in [-0.39, 0.29) is 11.4 Å². The van der Waals surface area contributed by atoms with Crippen molar-refractivity contribution in [3.05, 3.63) is 34.1 Å². The molecule has 94 valence electrons. The van der Waals surface area contributed by atoms with Gasteiger partial charge in [-0.05, 0) is 31.1 Å². The summed E-state index contributed by atoms with van der Waals surface area (Å²) in [6.45, 7) is 0.405. The van der Waals surface area contributed by atoms with Crippen LogP contribution in [0.15, 0.2) is 18.2 Å². The van der Waals surface area contributed by atoms with Crippen molar-refractivity contribution in [2.24, 2.45) is 0 Å². The van der Waals surface area contributed by atoms with Gasteiger partial charge in [0, 0.05) is 6.07 Å². The number of hydrogen-bond donors (Lipinski definition) is 1. The van der Waals surface area contributed by atoms with E-state index in [9.17, 15) is 14.5 Å². The number of unbranched alkanes of at least 4 members (excludes halogenated alkanes) is 2. The van der Waals surface area contributed by atoms with Gasteiger partial charge in [-0.2, -0.15) is 12.6 Å². The maximum atomic E-state index is 13.3. The number of nitro groups is 1. The van der Waals surface area contributed by atoms with E-state index in [0.717, 1.165) is 31.1 Å². The molecule has 0 aliphatic heterocycles. The summed E-state index contributed by atoms with van der Waals surface area (Å²) < 4.78 is 18.5. The topological polar surface area (TPSA) is 52.4 Å². The summed E-state index contributed by atoms with van der Waals surface area (Å²) in [6.07, 6.45) is 2.78. The number of thiol groups is 1. The zero-order chi connectivity index (χ0) is 12.7. The van der Waals surface area contributed by atoms with Crippen molar-refractivity contribution >= 4 is 18.3 Å². The first-order valence-corrected chi connectivity index (χ1v) is 5.96. The Bertz CT molecular complexity index is 387. The molecule has 0 aliphatic rings. The molecule has 0 bridgehead atoms. The number of non-ortho nitro benzene ring substituents is 1. The van der Waals surface area contributed by atoms with Gasteiger partial charge in [-0.25, -0.2) is 4.39 Å². The molecule has 6 heteroatoms. The summed E-state index contributed by atoms with van der Waals surface area (Å²) in [5.41, 5.74) is -0.273. The number of nitrogens with zero attached hydrogens (tertiary/aromatic N) is 1. The third kappa shape index (κ3) is 4.60. The fourth-order valence-electron chi connectivity index (χ4n) is 1.29. The van der Waals surface area contributed by atoms with Crippen molar-refractivity contribution in [2.75, 3.05) is 12.4 Å². The monoisotopic (exact) mass is 259 g/mol. The molecular formula is C11H14FNO3S. The molecule has 1 rings (SSSR count). The van der Waals surface area contributed by atoms with Crippen molar-refractivity contribution in [2.45, 2.75) is 19.3 Å². The molecule has 0 atom stereocenters. The van der Waals surface area contributed by atoms with E-state index >= 15 is 0 Å². The summed E-state index contributed by atoms with van der Waals surface area (Å²) in [5.74, 6) is 0.182. The van der Waals surface area contributed by atoms with Gasteiger partial charge in [0.1, 0.15) is 0 Å². The van der Waals surface area contributed by atoms with Gasteiger partial charge < -0.3 is 4.74 Å². The van der Waals surface area contributed by atoms with Crippen LogP contribution in [0.25, 0.3) is 0 Å². The summed E-state index contributed by atoms with van der Waals surface area (Å²) >= 11 is 4.07. The molecule has 17 heavy (non-hydrogen) atoms. The van der Waals surface area contributed by atoms with Gasteiger partial charge in [-0.1, -0.05) is 0 Å². The van der Waals surface area contributed by atoms with Crippen molar-refractivity contribution in [1.82, 2.24) is 0 Å². The lowest BCUT2D eigenvalue weighted by Crippen LogP contribution is -2.00. The molecule has 0 saturated carbocycles. The zero-order valence-electron chi connectivity index (χ0n) is 9.26. The maximum Gasteiger partial charge on any atom is 0.272 e. The van der Waals surface area contributed by atoms with E-state index in [4.69, 9.17) is 4.74 Å². The van der Waals surface area contributed by atoms with Crippen molar-refractivity contribution in [3.8, 4) is 5.75 Å². The Balaban J connectivity index is 2.46. The molecule has 0 aromatic heterocycles. The standard InChI is InChI=1S/C11H14FNO3S/c12-10-8-9(13(14)15)4-5-11(10)16-6-2-1-3-7-17/h4-5,8,17H,1-3,6-7H2. The van der Waals surface area contributed by atoms with E-state index in [1.807, 2.05) is 0 Å². The lowest BCUT2D eigenvalue weighted by atomic mass is 10.2. The van der Waals surface area contributed by atoms with Gasteiger partial charge in [0.25, 0.3) is 5.69 Å². The maximum absolute atomic E-state index is 13.3. The summed E-state index contributed by atoms with van der Waals surface area (Å²) in [4.78, 5) is 9.75. The zero-order valence-corrected chi connectivity index (χ0v) is 10.2. The third-order valence-electron chi connectivity index (χ3n) is 2.19. The predicted octanol–water partition coefficient (Wildman–Crippen LogP) is 3.21. The first kappa shape index (κ1) is 13.8. The minimum absolute atomic E-state index is 0.0569. The molecule has 0 aliphatic carbocycles. The Labute approximate surface area is 104 Å². The Morgan fingerprint density at radius 2 is 2.12 bits per heavy atom. The largest absolute Gasteiger partial charge is 0.491 e. The predicted molar refractivity (Wildman–Crippen MR) is 66.3 cm³/mol. The fraction of sp³-hybridized carbons (Fsp3) is 0.455. The number of ether oxygens (including phenoxy) is 1. The Hall–Kier alpha value is -1.30. The van der Waals surface area contributed by atoms with E-state index in [0.29, 0.717) is 6.61 Å². The normalized spacial score (nSPS) is 10.2. The van der Waals surface area contributed by atoms with Crippen LogP contribution in [0, 0.1) is 15.9 Å². The van der Waals surface area contributed by atoms with Gasteiger partial charge >= 0.3 is 0 Å². The van der Waals surface area contributed by atoms with E-state index in [1.54, 1.807) is 0 Å².